The van der Waals surface area contributed by atoms with E-state index in [4.69, 9.17) is 0 Å². The monoisotopic (exact) mass is 254 g/mol. The van der Waals surface area contributed by atoms with Crippen molar-refractivity contribution in [1.29, 1.82) is 0 Å². The first-order valence-corrected chi connectivity index (χ1v) is 8.55. The van der Waals surface area contributed by atoms with E-state index in [2.05, 4.69) is 27.8 Å². The molecular formula is C14H26N2S. The van der Waals surface area contributed by atoms with Crippen LogP contribution in [0.4, 0.5) is 0 Å². The molecule has 0 aromatic carbocycles. The molecule has 1 aliphatic carbocycles. The Hall–Kier alpha value is 0.270. The molecule has 3 heteroatoms. The van der Waals surface area contributed by atoms with Gasteiger partial charge in [0.2, 0.25) is 0 Å². The summed E-state index contributed by atoms with van der Waals surface area (Å²) < 4.78 is 0.636. The number of nitrogens with zero attached hydrogens (tertiary/aromatic N) is 2. The molecule has 2 nitrogen and oxygen atoms in total. The van der Waals surface area contributed by atoms with Crippen LogP contribution in [0, 0.1) is 0 Å². The lowest BCUT2D eigenvalue weighted by Gasteiger charge is -2.49. The molecule has 98 valence electrons. The average molecular weight is 254 g/mol. The van der Waals surface area contributed by atoms with Crippen LogP contribution in [0.1, 0.15) is 38.5 Å². The molecule has 1 atom stereocenters. The molecule has 0 N–H and O–H groups in total. The van der Waals surface area contributed by atoms with Crippen LogP contribution < -0.4 is 0 Å². The number of fused-ring (bicyclic) bond motifs is 1. The van der Waals surface area contributed by atoms with Crippen LogP contribution in [0.3, 0.4) is 0 Å². The first-order chi connectivity index (χ1) is 8.31. The number of thioether (sulfide) groups is 1. The highest BCUT2D eigenvalue weighted by Gasteiger charge is 2.39. The normalized spacial score (nSPS) is 34.1. The van der Waals surface area contributed by atoms with Crippen molar-refractivity contribution in [2.75, 3.05) is 39.0 Å². The molecule has 0 aromatic heterocycles. The summed E-state index contributed by atoms with van der Waals surface area (Å²) >= 11 is 2.13. The maximum atomic E-state index is 2.77. The summed E-state index contributed by atoms with van der Waals surface area (Å²) in [5.74, 6) is 0. The standard InChI is InChI=1S/C14H26N2S/c1-17-14(6-4-7-14)12-15-9-10-16-8-3-2-5-13(16)11-15/h13H,2-12H2,1H3. The highest BCUT2D eigenvalue weighted by atomic mass is 32.2. The number of hydrogen-bond acceptors (Lipinski definition) is 3. The molecule has 3 fully saturated rings. The van der Waals surface area contributed by atoms with Gasteiger partial charge in [0.15, 0.2) is 0 Å². The molecular weight excluding hydrogens is 228 g/mol. The second kappa shape index (κ2) is 5.10. The predicted molar refractivity (Wildman–Crippen MR) is 75.7 cm³/mol. The molecule has 2 aliphatic heterocycles. The van der Waals surface area contributed by atoms with Crippen molar-refractivity contribution in [1.82, 2.24) is 9.80 Å². The third kappa shape index (κ3) is 2.52. The fourth-order valence-electron chi connectivity index (χ4n) is 3.77. The lowest BCUT2D eigenvalue weighted by molar-refractivity contribution is 0.0393. The Morgan fingerprint density at radius 2 is 2.00 bits per heavy atom. The third-order valence-corrected chi connectivity index (χ3v) is 6.53. The number of piperazine rings is 1. The van der Waals surface area contributed by atoms with Gasteiger partial charge in [-0.15, -0.1) is 0 Å². The van der Waals surface area contributed by atoms with Gasteiger partial charge in [0.1, 0.15) is 0 Å². The molecule has 0 spiro atoms. The van der Waals surface area contributed by atoms with E-state index in [0.29, 0.717) is 4.75 Å². The highest BCUT2D eigenvalue weighted by molar-refractivity contribution is 8.00. The van der Waals surface area contributed by atoms with Crippen LogP contribution in [0.5, 0.6) is 0 Å². The van der Waals surface area contributed by atoms with Gasteiger partial charge in [-0.2, -0.15) is 11.8 Å². The van der Waals surface area contributed by atoms with E-state index in [0.717, 1.165) is 6.04 Å². The molecule has 0 bridgehead atoms. The number of piperidine rings is 1. The SMILES string of the molecule is CSC1(CN2CCN3CCCCC3C2)CCC1. The van der Waals surface area contributed by atoms with Gasteiger partial charge in [-0.3, -0.25) is 9.80 Å². The summed E-state index contributed by atoms with van der Waals surface area (Å²) in [6, 6.07) is 0.886. The Bertz CT molecular complexity index is 259. The average Bonchev–Trinajstić information content (AvgIpc) is 2.34. The summed E-state index contributed by atoms with van der Waals surface area (Å²) in [6.07, 6.45) is 11.0. The summed E-state index contributed by atoms with van der Waals surface area (Å²) in [7, 11) is 0. The quantitative estimate of drug-likeness (QED) is 0.764. The fourth-order valence-corrected chi connectivity index (χ4v) is 4.78. The largest absolute Gasteiger partial charge is 0.299 e. The van der Waals surface area contributed by atoms with E-state index in [-0.39, 0.29) is 0 Å². The summed E-state index contributed by atoms with van der Waals surface area (Å²) in [5, 5.41) is 0. The topological polar surface area (TPSA) is 6.48 Å². The van der Waals surface area contributed by atoms with Gasteiger partial charge in [-0.25, -0.2) is 0 Å². The Balaban J connectivity index is 1.55. The highest BCUT2D eigenvalue weighted by Crippen LogP contribution is 2.43. The first-order valence-electron chi connectivity index (χ1n) is 7.33. The van der Waals surface area contributed by atoms with Crippen molar-refractivity contribution in [2.45, 2.75) is 49.3 Å². The molecule has 0 aromatic rings. The molecule has 3 rings (SSSR count). The zero-order valence-electron chi connectivity index (χ0n) is 11.2. The minimum absolute atomic E-state index is 0.636. The minimum Gasteiger partial charge on any atom is -0.299 e. The van der Waals surface area contributed by atoms with E-state index < -0.39 is 0 Å². The van der Waals surface area contributed by atoms with Crippen LogP contribution in [-0.2, 0) is 0 Å². The van der Waals surface area contributed by atoms with Crippen molar-refractivity contribution in [2.24, 2.45) is 0 Å². The van der Waals surface area contributed by atoms with Crippen LogP contribution in [-0.4, -0.2) is 59.6 Å². The number of hydrogen-bond donors (Lipinski definition) is 0. The third-order valence-electron chi connectivity index (χ3n) is 5.13. The fraction of sp³-hybridized carbons (Fsp3) is 1.00. The molecule has 0 amide bonds. The zero-order chi connectivity index (χ0) is 11.7. The maximum absolute atomic E-state index is 2.77. The molecule has 3 aliphatic rings. The molecule has 2 heterocycles. The molecule has 17 heavy (non-hydrogen) atoms. The van der Waals surface area contributed by atoms with Crippen LogP contribution >= 0.6 is 11.8 Å². The van der Waals surface area contributed by atoms with Crippen LogP contribution in [0.15, 0.2) is 0 Å². The van der Waals surface area contributed by atoms with Gasteiger partial charge in [-0.1, -0.05) is 12.8 Å². The first kappa shape index (κ1) is 12.3. The van der Waals surface area contributed by atoms with Gasteiger partial charge in [0.25, 0.3) is 0 Å². The lowest BCUT2D eigenvalue weighted by atomic mass is 9.83. The Morgan fingerprint density at radius 1 is 1.12 bits per heavy atom. The Labute approximate surface area is 110 Å². The van der Waals surface area contributed by atoms with Gasteiger partial charge >= 0.3 is 0 Å². The predicted octanol–water partition coefficient (Wildman–Crippen LogP) is 2.44. The van der Waals surface area contributed by atoms with Crippen LogP contribution in [0.25, 0.3) is 0 Å². The minimum atomic E-state index is 0.636. The van der Waals surface area contributed by atoms with Gasteiger partial charge in [0, 0.05) is 37.0 Å². The molecule has 1 saturated carbocycles. The Kier molecular flexibility index (Phi) is 3.69. The van der Waals surface area contributed by atoms with E-state index in [1.54, 1.807) is 0 Å². The molecule has 0 radical (unpaired) electrons. The van der Waals surface area contributed by atoms with E-state index in [1.165, 1.54) is 71.2 Å². The maximum Gasteiger partial charge on any atom is 0.0284 e. The number of rotatable bonds is 3. The second-order valence-corrected chi connectivity index (χ2v) is 7.44. The van der Waals surface area contributed by atoms with E-state index in [1.807, 2.05) is 0 Å². The van der Waals surface area contributed by atoms with Gasteiger partial charge in [0.05, 0.1) is 0 Å². The van der Waals surface area contributed by atoms with Crippen molar-refractivity contribution in [3.05, 3.63) is 0 Å². The molecule has 1 unspecified atom stereocenters. The van der Waals surface area contributed by atoms with Crippen molar-refractivity contribution >= 4 is 11.8 Å². The Morgan fingerprint density at radius 3 is 2.71 bits per heavy atom. The lowest BCUT2D eigenvalue weighted by Crippen LogP contribution is -2.58. The van der Waals surface area contributed by atoms with E-state index >= 15 is 0 Å². The second-order valence-electron chi connectivity index (χ2n) is 6.16. The van der Waals surface area contributed by atoms with Gasteiger partial charge < -0.3 is 0 Å². The van der Waals surface area contributed by atoms with Crippen molar-refractivity contribution in [3.63, 3.8) is 0 Å². The summed E-state index contributed by atoms with van der Waals surface area (Å²) in [4.78, 5) is 5.51. The summed E-state index contributed by atoms with van der Waals surface area (Å²) in [5.41, 5.74) is 0. The van der Waals surface area contributed by atoms with Crippen molar-refractivity contribution < 1.29 is 0 Å². The van der Waals surface area contributed by atoms with Gasteiger partial charge in [-0.05, 0) is 38.5 Å². The van der Waals surface area contributed by atoms with Crippen molar-refractivity contribution in [3.8, 4) is 0 Å². The zero-order valence-corrected chi connectivity index (χ0v) is 12.0. The molecule has 2 saturated heterocycles. The van der Waals surface area contributed by atoms with Crippen LogP contribution in [0.2, 0.25) is 0 Å². The van der Waals surface area contributed by atoms with E-state index in [9.17, 15) is 0 Å². The smallest absolute Gasteiger partial charge is 0.0284 e. The summed E-state index contributed by atoms with van der Waals surface area (Å²) in [6.45, 7) is 6.72.